The summed E-state index contributed by atoms with van der Waals surface area (Å²) in [6.07, 6.45) is 3.58. The number of nitrogens with two attached hydrogens (primary N) is 1. The molecule has 0 aromatic heterocycles. The Morgan fingerprint density at radius 1 is 0.867 bits per heavy atom. The first-order chi connectivity index (χ1) is 7.00. The Labute approximate surface area is 93.7 Å². The highest BCUT2D eigenvalue weighted by molar-refractivity contribution is 5.62. The van der Waals surface area contributed by atoms with Crippen molar-refractivity contribution < 1.29 is 0 Å². The number of anilines is 1. The Bertz CT molecular complexity index is 335. The normalized spacial score (nSPS) is 10.7. The number of hydrogen-bond donors (Lipinski definition) is 1. The fourth-order valence-electron chi connectivity index (χ4n) is 2.09. The molecule has 0 bridgehead atoms. The van der Waals surface area contributed by atoms with E-state index in [1.807, 2.05) is 0 Å². The van der Waals surface area contributed by atoms with E-state index in [2.05, 4.69) is 34.6 Å². The summed E-state index contributed by atoms with van der Waals surface area (Å²) in [5, 5.41) is 0. The predicted molar refractivity (Wildman–Crippen MR) is 68.4 cm³/mol. The lowest BCUT2D eigenvalue weighted by Gasteiger charge is -2.18. The van der Waals surface area contributed by atoms with E-state index < -0.39 is 0 Å². The monoisotopic (exact) mass is 205 g/mol. The van der Waals surface area contributed by atoms with Gasteiger partial charge in [0.15, 0.2) is 0 Å². The maximum Gasteiger partial charge on any atom is 0.0381 e. The molecule has 1 aromatic carbocycles. The van der Waals surface area contributed by atoms with E-state index in [9.17, 15) is 0 Å². The van der Waals surface area contributed by atoms with Gasteiger partial charge < -0.3 is 5.73 Å². The molecule has 84 valence electrons. The van der Waals surface area contributed by atoms with Gasteiger partial charge in [0.05, 0.1) is 0 Å². The molecule has 0 aliphatic rings. The highest BCUT2D eigenvalue weighted by Gasteiger charge is 2.11. The number of benzene rings is 1. The molecule has 0 fully saturated rings. The smallest absolute Gasteiger partial charge is 0.0381 e. The minimum absolute atomic E-state index is 1.02. The van der Waals surface area contributed by atoms with Crippen molar-refractivity contribution in [2.24, 2.45) is 0 Å². The summed E-state index contributed by atoms with van der Waals surface area (Å²) in [4.78, 5) is 0. The first-order valence-corrected chi connectivity index (χ1v) is 5.85. The van der Waals surface area contributed by atoms with Crippen molar-refractivity contribution in [1.29, 1.82) is 0 Å². The highest BCUT2D eigenvalue weighted by atomic mass is 14.6. The molecule has 0 amide bonds. The Hall–Kier alpha value is -0.980. The first kappa shape index (κ1) is 12.1. The minimum Gasteiger partial charge on any atom is -0.398 e. The van der Waals surface area contributed by atoms with Gasteiger partial charge in [-0.1, -0.05) is 13.3 Å². The van der Waals surface area contributed by atoms with Gasteiger partial charge in [0.1, 0.15) is 0 Å². The van der Waals surface area contributed by atoms with E-state index in [1.165, 1.54) is 40.7 Å². The second-order valence-electron chi connectivity index (χ2n) is 4.50. The summed E-state index contributed by atoms with van der Waals surface area (Å²) in [6.45, 7) is 10.9. The fourth-order valence-corrected chi connectivity index (χ4v) is 2.09. The van der Waals surface area contributed by atoms with E-state index in [4.69, 9.17) is 5.73 Å². The van der Waals surface area contributed by atoms with Crippen molar-refractivity contribution in [2.45, 2.75) is 53.9 Å². The van der Waals surface area contributed by atoms with Crippen molar-refractivity contribution in [3.8, 4) is 0 Å². The number of nitrogen functional groups attached to an aromatic ring is 1. The SMILES string of the molecule is CCCCc1c(C)c(C)c(C)c(C)c1N. The van der Waals surface area contributed by atoms with E-state index in [-0.39, 0.29) is 0 Å². The van der Waals surface area contributed by atoms with Crippen molar-refractivity contribution in [3.05, 3.63) is 27.8 Å². The molecule has 1 nitrogen and oxygen atoms in total. The number of unbranched alkanes of at least 4 members (excludes halogenated alkanes) is 1. The van der Waals surface area contributed by atoms with Gasteiger partial charge in [0, 0.05) is 5.69 Å². The first-order valence-electron chi connectivity index (χ1n) is 5.85. The Morgan fingerprint density at radius 2 is 1.40 bits per heavy atom. The van der Waals surface area contributed by atoms with Crippen LogP contribution in [0.2, 0.25) is 0 Å². The third-order valence-electron chi connectivity index (χ3n) is 3.65. The second kappa shape index (κ2) is 4.69. The highest BCUT2D eigenvalue weighted by Crippen LogP contribution is 2.29. The number of rotatable bonds is 3. The molecule has 0 radical (unpaired) electrons. The zero-order valence-corrected chi connectivity index (χ0v) is 10.7. The minimum atomic E-state index is 1.02. The van der Waals surface area contributed by atoms with Gasteiger partial charge in [-0.3, -0.25) is 0 Å². The van der Waals surface area contributed by atoms with Crippen molar-refractivity contribution >= 4 is 5.69 Å². The topological polar surface area (TPSA) is 26.0 Å². The van der Waals surface area contributed by atoms with Gasteiger partial charge in [-0.15, -0.1) is 0 Å². The number of hydrogen-bond acceptors (Lipinski definition) is 1. The van der Waals surface area contributed by atoms with Crippen molar-refractivity contribution in [2.75, 3.05) is 5.73 Å². The van der Waals surface area contributed by atoms with Gasteiger partial charge in [0.2, 0.25) is 0 Å². The van der Waals surface area contributed by atoms with Crippen LogP contribution >= 0.6 is 0 Å². The maximum absolute atomic E-state index is 6.19. The third kappa shape index (κ3) is 2.17. The average molecular weight is 205 g/mol. The molecule has 0 saturated carbocycles. The summed E-state index contributed by atoms with van der Waals surface area (Å²) >= 11 is 0. The molecule has 1 rings (SSSR count). The van der Waals surface area contributed by atoms with Crippen LogP contribution in [0.1, 0.15) is 47.6 Å². The Kier molecular flexibility index (Phi) is 3.78. The Balaban J connectivity index is 3.26. The largest absolute Gasteiger partial charge is 0.398 e. The quantitative estimate of drug-likeness (QED) is 0.745. The molecule has 0 spiro atoms. The predicted octanol–water partition coefficient (Wildman–Crippen LogP) is 3.85. The molecular weight excluding hydrogens is 182 g/mol. The van der Waals surface area contributed by atoms with Crippen LogP contribution < -0.4 is 5.73 Å². The van der Waals surface area contributed by atoms with Crippen LogP contribution in [0.25, 0.3) is 0 Å². The van der Waals surface area contributed by atoms with Crippen LogP contribution in [0, 0.1) is 27.7 Å². The lowest BCUT2D eigenvalue weighted by Crippen LogP contribution is -2.05. The van der Waals surface area contributed by atoms with Crippen molar-refractivity contribution in [1.82, 2.24) is 0 Å². The average Bonchev–Trinajstić information content (AvgIpc) is 2.24. The second-order valence-corrected chi connectivity index (χ2v) is 4.50. The van der Waals surface area contributed by atoms with Gasteiger partial charge in [-0.2, -0.15) is 0 Å². The zero-order chi connectivity index (χ0) is 11.6. The van der Waals surface area contributed by atoms with Gasteiger partial charge in [-0.25, -0.2) is 0 Å². The Morgan fingerprint density at radius 3 is 1.93 bits per heavy atom. The molecule has 0 unspecified atom stereocenters. The van der Waals surface area contributed by atoms with E-state index in [1.54, 1.807) is 0 Å². The zero-order valence-electron chi connectivity index (χ0n) is 10.7. The molecule has 1 heteroatoms. The van der Waals surface area contributed by atoms with E-state index in [0.29, 0.717) is 0 Å². The standard InChI is InChI=1S/C14H23N/c1-6-7-8-13-11(4)9(2)10(3)12(5)14(13)15/h6-8,15H2,1-5H3. The fraction of sp³-hybridized carbons (Fsp3) is 0.571. The molecule has 0 heterocycles. The van der Waals surface area contributed by atoms with Crippen LogP contribution in [0.5, 0.6) is 0 Å². The third-order valence-corrected chi connectivity index (χ3v) is 3.65. The van der Waals surface area contributed by atoms with Gasteiger partial charge in [-0.05, 0) is 68.4 Å². The molecule has 0 aliphatic carbocycles. The van der Waals surface area contributed by atoms with Crippen molar-refractivity contribution in [3.63, 3.8) is 0 Å². The molecule has 1 aromatic rings. The summed E-state index contributed by atoms with van der Waals surface area (Å²) in [7, 11) is 0. The summed E-state index contributed by atoms with van der Waals surface area (Å²) in [6, 6.07) is 0. The molecule has 0 saturated heterocycles. The van der Waals surface area contributed by atoms with Gasteiger partial charge >= 0.3 is 0 Å². The van der Waals surface area contributed by atoms with Crippen LogP contribution in [0.15, 0.2) is 0 Å². The van der Waals surface area contributed by atoms with E-state index >= 15 is 0 Å². The molecule has 0 atom stereocenters. The lowest BCUT2D eigenvalue weighted by molar-refractivity contribution is 0.791. The lowest BCUT2D eigenvalue weighted by atomic mass is 9.90. The van der Waals surface area contributed by atoms with Crippen LogP contribution in [0.3, 0.4) is 0 Å². The molecule has 0 aliphatic heterocycles. The van der Waals surface area contributed by atoms with Crippen LogP contribution in [-0.4, -0.2) is 0 Å². The molecular formula is C14H23N. The van der Waals surface area contributed by atoms with Crippen LogP contribution in [0.4, 0.5) is 5.69 Å². The summed E-state index contributed by atoms with van der Waals surface area (Å²) in [5.74, 6) is 0. The molecule has 15 heavy (non-hydrogen) atoms. The molecule has 2 N–H and O–H groups in total. The van der Waals surface area contributed by atoms with E-state index in [0.717, 1.165) is 12.1 Å². The van der Waals surface area contributed by atoms with Gasteiger partial charge in [0.25, 0.3) is 0 Å². The summed E-state index contributed by atoms with van der Waals surface area (Å²) in [5.41, 5.74) is 14.0. The maximum atomic E-state index is 6.19. The summed E-state index contributed by atoms with van der Waals surface area (Å²) < 4.78 is 0. The van der Waals surface area contributed by atoms with Crippen LogP contribution in [-0.2, 0) is 6.42 Å².